The largest absolute Gasteiger partial charge is 0.489 e. The van der Waals surface area contributed by atoms with Crippen LogP contribution in [-0.4, -0.2) is 18.0 Å². The van der Waals surface area contributed by atoms with E-state index in [1.54, 1.807) is 48.5 Å². The Labute approximate surface area is 189 Å². The summed E-state index contributed by atoms with van der Waals surface area (Å²) in [5.41, 5.74) is 5.14. The number of carbonyl (C=O) groups is 2. The highest BCUT2D eigenvalue weighted by Gasteiger charge is 2.05. The van der Waals surface area contributed by atoms with E-state index in [-0.39, 0.29) is 11.8 Å². The first kappa shape index (κ1) is 22.3. The van der Waals surface area contributed by atoms with Gasteiger partial charge in [0.25, 0.3) is 5.91 Å². The van der Waals surface area contributed by atoms with Crippen molar-refractivity contribution in [1.29, 1.82) is 0 Å². The number of benzene rings is 3. The number of hydrazone groups is 1. The lowest BCUT2D eigenvalue weighted by atomic mass is 10.2. The zero-order valence-electron chi connectivity index (χ0n) is 16.6. The van der Waals surface area contributed by atoms with E-state index in [1.807, 2.05) is 18.2 Å². The molecule has 0 atom stereocenters. The van der Waals surface area contributed by atoms with E-state index in [1.165, 1.54) is 13.1 Å². The Morgan fingerprint density at radius 3 is 2.35 bits per heavy atom. The van der Waals surface area contributed by atoms with Gasteiger partial charge in [-0.05, 0) is 66.2 Å². The summed E-state index contributed by atoms with van der Waals surface area (Å²) < 4.78 is 5.73. The van der Waals surface area contributed by atoms with Crippen LogP contribution in [0.15, 0.2) is 71.8 Å². The number of carbonyl (C=O) groups excluding carboxylic acids is 2. The molecule has 0 bridgehead atoms. The zero-order valence-corrected chi connectivity index (χ0v) is 18.1. The van der Waals surface area contributed by atoms with Crippen LogP contribution in [0.4, 0.5) is 5.69 Å². The third-order valence-corrected chi connectivity index (χ3v) is 4.72. The van der Waals surface area contributed by atoms with Crippen molar-refractivity contribution in [2.75, 3.05) is 5.32 Å². The first-order valence-electron chi connectivity index (χ1n) is 9.28. The van der Waals surface area contributed by atoms with Gasteiger partial charge >= 0.3 is 0 Å². The van der Waals surface area contributed by atoms with Crippen LogP contribution in [0.2, 0.25) is 10.0 Å². The molecule has 0 fully saturated rings. The molecule has 0 saturated carbocycles. The van der Waals surface area contributed by atoms with Gasteiger partial charge in [-0.3, -0.25) is 9.59 Å². The van der Waals surface area contributed by atoms with Gasteiger partial charge in [-0.2, -0.15) is 5.10 Å². The van der Waals surface area contributed by atoms with Crippen LogP contribution in [0.5, 0.6) is 5.75 Å². The maximum absolute atomic E-state index is 12.1. The fraction of sp³-hybridized carbons (Fsp3) is 0.0870. The second-order valence-corrected chi connectivity index (χ2v) is 7.39. The summed E-state index contributed by atoms with van der Waals surface area (Å²) in [7, 11) is 0. The molecule has 0 spiro atoms. The van der Waals surface area contributed by atoms with Crippen LogP contribution < -0.4 is 15.5 Å². The van der Waals surface area contributed by atoms with Crippen molar-refractivity contribution in [2.45, 2.75) is 13.5 Å². The van der Waals surface area contributed by atoms with Crippen LogP contribution in [-0.2, 0) is 11.4 Å². The van der Waals surface area contributed by atoms with Gasteiger partial charge in [0.05, 0.1) is 6.21 Å². The van der Waals surface area contributed by atoms with Crippen molar-refractivity contribution < 1.29 is 14.3 Å². The predicted octanol–water partition coefficient (Wildman–Crippen LogP) is 5.29. The van der Waals surface area contributed by atoms with Gasteiger partial charge in [-0.15, -0.1) is 0 Å². The zero-order chi connectivity index (χ0) is 22.2. The highest BCUT2D eigenvalue weighted by molar-refractivity contribution is 6.35. The molecule has 2 amide bonds. The molecule has 0 unspecified atom stereocenters. The van der Waals surface area contributed by atoms with Gasteiger partial charge in [0.1, 0.15) is 12.4 Å². The third-order valence-electron chi connectivity index (χ3n) is 4.14. The Morgan fingerprint density at radius 1 is 1.00 bits per heavy atom. The number of hydrogen-bond donors (Lipinski definition) is 2. The summed E-state index contributed by atoms with van der Waals surface area (Å²) in [5.74, 6) is 0.142. The number of nitrogens with one attached hydrogen (secondary N) is 2. The minimum absolute atomic E-state index is 0.174. The van der Waals surface area contributed by atoms with E-state index in [9.17, 15) is 9.59 Å². The molecule has 3 aromatic carbocycles. The Morgan fingerprint density at radius 2 is 1.71 bits per heavy atom. The van der Waals surface area contributed by atoms with Crippen molar-refractivity contribution in [1.82, 2.24) is 5.43 Å². The minimum atomic E-state index is -0.356. The molecule has 158 valence electrons. The van der Waals surface area contributed by atoms with Crippen molar-refractivity contribution in [3.8, 4) is 5.75 Å². The molecule has 3 aromatic rings. The van der Waals surface area contributed by atoms with Crippen molar-refractivity contribution in [3.05, 3.63) is 93.5 Å². The maximum atomic E-state index is 12.1. The number of amides is 2. The first-order chi connectivity index (χ1) is 14.9. The van der Waals surface area contributed by atoms with Crippen LogP contribution in [0, 0.1) is 0 Å². The highest BCUT2D eigenvalue weighted by Crippen LogP contribution is 2.22. The molecule has 2 N–H and O–H groups in total. The number of halogens is 2. The Hall–Kier alpha value is -3.35. The number of rotatable bonds is 7. The van der Waals surface area contributed by atoms with Crippen molar-refractivity contribution in [3.63, 3.8) is 0 Å². The van der Waals surface area contributed by atoms with Gasteiger partial charge in [0.2, 0.25) is 5.91 Å². The molecule has 0 aromatic heterocycles. The van der Waals surface area contributed by atoms with E-state index in [4.69, 9.17) is 27.9 Å². The van der Waals surface area contributed by atoms with Crippen LogP contribution >= 0.6 is 23.2 Å². The second kappa shape index (κ2) is 10.6. The molecule has 0 aliphatic rings. The van der Waals surface area contributed by atoms with Gasteiger partial charge in [0, 0.05) is 33.8 Å². The van der Waals surface area contributed by atoms with Crippen molar-refractivity contribution >= 4 is 46.9 Å². The number of ether oxygens (including phenoxy) is 1. The number of hydrogen-bond acceptors (Lipinski definition) is 4. The molecular formula is C23H19Cl2N3O3. The average molecular weight is 456 g/mol. The first-order valence-corrected chi connectivity index (χ1v) is 10.0. The predicted molar refractivity (Wildman–Crippen MR) is 123 cm³/mol. The fourth-order valence-corrected chi connectivity index (χ4v) is 3.05. The molecule has 0 aliphatic heterocycles. The van der Waals surface area contributed by atoms with E-state index in [0.29, 0.717) is 33.7 Å². The van der Waals surface area contributed by atoms with Crippen molar-refractivity contribution in [2.24, 2.45) is 5.10 Å². The molecule has 8 heteroatoms. The smallest absolute Gasteiger partial charge is 0.271 e. The lowest BCUT2D eigenvalue weighted by molar-refractivity contribution is -0.114. The normalized spacial score (nSPS) is 10.7. The van der Waals surface area contributed by atoms with Crippen LogP contribution in [0.3, 0.4) is 0 Å². The molecule has 0 aliphatic carbocycles. The summed E-state index contributed by atoms with van der Waals surface area (Å²) in [6.45, 7) is 1.74. The molecule has 0 heterocycles. The lowest BCUT2D eigenvalue weighted by Gasteiger charge is -2.08. The van der Waals surface area contributed by atoms with Gasteiger partial charge in [-0.1, -0.05) is 29.3 Å². The summed E-state index contributed by atoms with van der Waals surface area (Å²) in [6, 6.07) is 19.0. The summed E-state index contributed by atoms with van der Waals surface area (Å²) in [6.07, 6.45) is 1.53. The van der Waals surface area contributed by atoms with Crippen LogP contribution in [0.25, 0.3) is 0 Å². The maximum Gasteiger partial charge on any atom is 0.271 e. The average Bonchev–Trinajstić information content (AvgIpc) is 2.74. The fourth-order valence-electron chi connectivity index (χ4n) is 2.59. The Kier molecular flexibility index (Phi) is 7.65. The van der Waals surface area contributed by atoms with Gasteiger partial charge in [-0.25, -0.2) is 5.43 Å². The molecule has 3 rings (SSSR count). The summed E-state index contributed by atoms with van der Waals surface area (Å²) in [5, 5.41) is 7.74. The van der Waals surface area contributed by atoms with E-state index in [2.05, 4.69) is 15.8 Å². The Bertz CT molecular complexity index is 1100. The lowest BCUT2D eigenvalue weighted by Crippen LogP contribution is -2.17. The van der Waals surface area contributed by atoms with E-state index >= 15 is 0 Å². The summed E-state index contributed by atoms with van der Waals surface area (Å²) >= 11 is 12.0. The SMILES string of the molecule is CC(=O)Nc1ccc(C(=O)N/N=C\c2ccc(OCc3ccc(Cl)cc3Cl)cc2)cc1. The van der Waals surface area contributed by atoms with Gasteiger partial charge in [0.15, 0.2) is 0 Å². The van der Waals surface area contributed by atoms with E-state index < -0.39 is 0 Å². The molecule has 0 saturated heterocycles. The second-order valence-electron chi connectivity index (χ2n) is 6.55. The summed E-state index contributed by atoms with van der Waals surface area (Å²) in [4.78, 5) is 23.2. The molecule has 6 nitrogen and oxygen atoms in total. The molecule has 31 heavy (non-hydrogen) atoms. The highest BCUT2D eigenvalue weighted by atomic mass is 35.5. The standard InChI is InChI=1S/C23H19Cl2N3O3/c1-15(29)27-20-8-5-17(6-9-20)23(30)28-26-13-16-2-10-21(11-3-16)31-14-18-4-7-19(24)12-22(18)25/h2-13H,14H2,1H3,(H,27,29)(H,28,30)/b26-13-. The number of nitrogens with zero attached hydrogens (tertiary/aromatic N) is 1. The minimum Gasteiger partial charge on any atom is -0.489 e. The molecular weight excluding hydrogens is 437 g/mol. The van der Waals surface area contributed by atoms with Gasteiger partial charge < -0.3 is 10.1 Å². The third kappa shape index (κ3) is 6.84. The van der Waals surface area contributed by atoms with Crippen LogP contribution in [0.1, 0.15) is 28.4 Å². The van der Waals surface area contributed by atoms with E-state index in [0.717, 1.165) is 11.1 Å². The molecule has 0 radical (unpaired) electrons. The number of anilines is 1. The monoisotopic (exact) mass is 455 g/mol. The quantitative estimate of drug-likeness (QED) is 0.374. The topological polar surface area (TPSA) is 79.8 Å². The Balaban J connectivity index is 1.51.